The molecule has 1 saturated heterocycles. The first-order chi connectivity index (χ1) is 17.3. The van der Waals surface area contributed by atoms with Crippen LogP contribution < -0.4 is 15.5 Å². The van der Waals surface area contributed by atoms with Crippen LogP contribution in [0.5, 0.6) is 0 Å². The van der Waals surface area contributed by atoms with Gasteiger partial charge in [0.2, 0.25) is 11.9 Å². The summed E-state index contributed by atoms with van der Waals surface area (Å²) >= 11 is 0. The van der Waals surface area contributed by atoms with Crippen LogP contribution in [0.3, 0.4) is 0 Å². The second-order valence-corrected chi connectivity index (χ2v) is 7.99. The molecule has 10 nitrogen and oxygen atoms in total. The molecule has 6 rings (SSSR count). The SMILES string of the molecule is c1ccc(-n2cnc3c(Nc4ccc(N5CCOCC5)cc4)nc(Nc4ncccn4)nc32)cc1. The molecule has 0 amide bonds. The van der Waals surface area contributed by atoms with E-state index in [1.807, 2.05) is 47.0 Å². The summed E-state index contributed by atoms with van der Waals surface area (Å²) in [5.41, 5.74) is 4.35. The lowest BCUT2D eigenvalue weighted by Gasteiger charge is -2.28. The Bertz CT molecular complexity index is 1420. The number of ether oxygens (including phenoxy) is 1. The first-order valence-electron chi connectivity index (χ1n) is 11.4. The first kappa shape index (κ1) is 21.0. The largest absolute Gasteiger partial charge is 0.378 e. The van der Waals surface area contributed by atoms with Gasteiger partial charge >= 0.3 is 0 Å². The van der Waals surface area contributed by atoms with Crippen LogP contribution in [0, 0.1) is 0 Å². The summed E-state index contributed by atoms with van der Waals surface area (Å²) in [5, 5.41) is 6.52. The zero-order valence-electron chi connectivity index (χ0n) is 18.9. The van der Waals surface area contributed by atoms with Crippen molar-refractivity contribution < 1.29 is 4.74 Å². The van der Waals surface area contributed by atoms with Gasteiger partial charge in [-0.15, -0.1) is 0 Å². The molecule has 174 valence electrons. The van der Waals surface area contributed by atoms with Crippen molar-refractivity contribution >= 4 is 40.3 Å². The van der Waals surface area contributed by atoms with Gasteiger partial charge in [0, 0.05) is 42.5 Å². The van der Waals surface area contributed by atoms with Gasteiger partial charge in [-0.3, -0.25) is 9.88 Å². The molecule has 0 unspecified atom stereocenters. The molecule has 0 bridgehead atoms. The zero-order valence-corrected chi connectivity index (χ0v) is 18.9. The lowest BCUT2D eigenvalue weighted by Crippen LogP contribution is -2.36. The van der Waals surface area contributed by atoms with Crippen molar-refractivity contribution in [2.24, 2.45) is 0 Å². The van der Waals surface area contributed by atoms with Crippen molar-refractivity contribution in [1.29, 1.82) is 0 Å². The van der Waals surface area contributed by atoms with E-state index >= 15 is 0 Å². The highest BCUT2D eigenvalue weighted by Gasteiger charge is 2.16. The molecule has 1 fully saturated rings. The molecule has 10 heteroatoms. The maximum Gasteiger partial charge on any atom is 0.233 e. The third kappa shape index (κ3) is 4.46. The molecule has 0 spiro atoms. The fraction of sp³-hybridized carbons (Fsp3) is 0.160. The fourth-order valence-corrected chi connectivity index (χ4v) is 4.00. The summed E-state index contributed by atoms with van der Waals surface area (Å²) in [7, 11) is 0. The van der Waals surface area contributed by atoms with Crippen molar-refractivity contribution in [2.75, 3.05) is 41.8 Å². The Balaban J connectivity index is 1.36. The number of para-hydroxylation sites is 1. The monoisotopic (exact) mass is 465 g/mol. The molecule has 0 radical (unpaired) electrons. The van der Waals surface area contributed by atoms with Gasteiger partial charge in [0.05, 0.1) is 13.2 Å². The molecule has 35 heavy (non-hydrogen) atoms. The number of anilines is 5. The highest BCUT2D eigenvalue weighted by atomic mass is 16.5. The lowest BCUT2D eigenvalue weighted by atomic mass is 10.2. The van der Waals surface area contributed by atoms with E-state index < -0.39 is 0 Å². The molecule has 3 aromatic heterocycles. The maximum absolute atomic E-state index is 5.46. The van der Waals surface area contributed by atoms with E-state index in [0.717, 1.165) is 37.7 Å². The van der Waals surface area contributed by atoms with E-state index in [1.54, 1.807) is 24.8 Å². The molecular formula is C25H23N9O. The number of fused-ring (bicyclic) bond motifs is 1. The van der Waals surface area contributed by atoms with E-state index in [0.29, 0.717) is 28.9 Å². The second-order valence-electron chi connectivity index (χ2n) is 7.99. The van der Waals surface area contributed by atoms with Gasteiger partial charge in [-0.2, -0.15) is 9.97 Å². The molecule has 0 aliphatic carbocycles. The number of hydrogen-bond donors (Lipinski definition) is 2. The molecule has 1 aliphatic rings. The van der Waals surface area contributed by atoms with Gasteiger partial charge in [0.1, 0.15) is 6.33 Å². The predicted molar refractivity (Wildman–Crippen MR) is 135 cm³/mol. The zero-order chi connectivity index (χ0) is 23.5. The van der Waals surface area contributed by atoms with Crippen LogP contribution in [0.1, 0.15) is 0 Å². The Morgan fingerprint density at radius 3 is 2.26 bits per heavy atom. The van der Waals surface area contributed by atoms with E-state index in [4.69, 9.17) is 14.7 Å². The molecule has 0 atom stereocenters. The van der Waals surface area contributed by atoms with Crippen LogP contribution in [-0.2, 0) is 4.74 Å². The first-order valence-corrected chi connectivity index (χ1v) is 11.4. The Morgan fingerprint density at radius 2 is 1.49 bits per heavy atom. The number of nitrogens with one attached hydrogen (secondary N) is 2. The minimum atomic E-state index is 0.369. The smallest absolute Gasteiger partial charge is 0.233 e. The Labute approximate surface area is 201 Å². The summed E-state index contributed by atoms with van der Waals surface area (Å²) in [6.45, 7) is 3.30. The maximum atomic E-state index is 5.46. The van der Waals surface area contributed by atoms with Crippen LogP contribution in [0.15, 0.2) is 79.4 Å². The van der Waals surface area contributed by atoms with Crippen LogP contribution in [0.2, 0.25) is 0 Å². The molecule has 2 N–H and O–H groups in total. The minimum Gasteiger partial charge on any atom is -0.378 e. The predicted octanol–water partition coefficient (Wildman–Crippen LogP) is 3.93. The second kappa shape index (κ2) is 9.35. The van der Waals surface area contributed by atoms with Gasteiger partial charge in [-0.1, -0.05) is 18.2 Å². The number of benzene rings is 2. The third-order valence-electron chi connectivity index (χ3n) is 5.73. The van der Waals surface area contributed by atoms with Gasteiger partial charge in [0.25, 0.3) is 0 Å². The quantitative estimate of drug-likeness (QED) is 0.386. The summed E-state index contributed by atoms with van der Waals surface area (Å²) in [4.78, 5) is 24.8. The third-order valence-corrected chi connectivity index (χ3v) is 5.73. The summed E-state index contributed by atoms with van der Waals surface area (Å²) in [6.07, 6.45) is 5.08. The Kier molecular flexibility index (Phi) is 5.61. The molecule has 0 saturated carbocycles. The van der Waals surface area contributed by atoms with Crippen LogP contribution in [0.25, 0.3) is 16.9 Å². The fourth-order valence-electron chi connectivity index (χ4n) is 4.00. The summed E-state index contributed by atoms with van der Waals surface area (Å²) in [6, 6.07) is 20.0. The summed E-state index contributed by atoms with van der Waals surface area (Å²) in [5.74, 6) is 1.37. The van der Waals surface area contributed by atoms with E-state index in [2.05, 4.69) is 42.6 Å². The van der Waals surface area contributed by atoms with Crippen molar-refractivity contribution in [3.05, 3.63) is 79.4 Å². The number of rotatable bonds is 6. The van der Waals surface area contributed by atoms with Crippen molar-refractivity contribution in [1.82, 2.24) is 29.5 Å². The summed E-state index contributed by atoms with van der Waals surface area (Å²) < 4.78 is 7.39. The molecular weight excluding hydrogens is 442 g/mol. The molecule has 2 aromatic carbocycles. The normalized spacial score (nSPS) is 13.7. The number of hydrogen-bond acceptors (Lipinski definition) is 9. The topological polar surface area (TPSA) is 106 Å². The number of imidazole rings is 1. The average Bonchev–Trinajstić information content (AvgIpc) is 3.35. The van der Waals surface area contributed by atoms with Crippen LogP contribution in [0.4, 0.5) is 29.1 Å². The highest BCUT2D eigenvalue weighted by molar-refractivity contribution is 5.88. The van der Waals surface area contributed by atoms with Gasteiger partial charge in [-0.05, 0) is 42.5 Å². The number of nitrogens with zero attached hydrogens (tertiary/aromatic N) is 7. The Morgan fingerprint density at radius 1 is 0.714 bits per heavy atom. The number of morpholine rings is 1. The van der Waals surface area contributed by atoms with Crippen molar-refractivity contribution in [3.63, 3.8) is 0 Å². The number of aromatic nitrogens is 6. The molecule has 5 aromatic rings. The van der Waals surface area contributed by atoms with Crippen molar-refractivity contribution in [2.45, 2.75) is 0 Å². The van der Waals surface area contributed by atoms with Gasteiger partial charge in [-0.25, -0.2) is 15.0 Å². The lowest BCUT2D eigenvalue weighted by molar-refractivity contribution is 0.122. The highest BCUT2D eigenvalue weighted by Crippen LogP contribution is 2.28. The minimum absolute atomic E-state index is 0.369. The molecule has 4 heterocycles. The van der Waals surface area contributed by atoms with Gasteiger partial charge < -0.3 is 15.0 Å². The van der Waals surface area contributed by atoms with E-state index in [1.165, 1.54) is 5.69 Å². The van der Waals surface area contributed by atoms with Crippen LogP contribution in [-0.4, -0.2) is 55.8 Å². The Hall–Kier alpha value is -4.57. The average molecular weight is 466 g/mol. The van der Waals surface area contributed by atoms with Crippen LogP contribution >= 0.6 is 0 Å². The van der Waals surface area contributed by atoms with Crippen molar-refractivity contribution in [3.8, 4) is 5.69 Å². The standard InChI is InChI=1S/C25H23N9O/c1-2-5-20(6-3-1)34-17-28-21-22(30-25(31-23(21)34)32-24-26-11-4-12-27-24)29-18-7-9-19(10-8-18)33-13-15-35-16-14-33/h1-12,17H,13-16H2,(H2,26,27,29,30,31,32). The molecule has 1 aliphatic heterocycles. The van der Waals surface area contributed by atoms with E-state index in [9.17, 15) is 0 Å². The van der Waals surface area contributed by atoms with E-state index in [-0.39, 0.29) is 0 Å². The van der Waals surface area contributed by atoms with Gasteiger partial charge in [0.15, 0.2) is 17.0 Å².